The minimum Gasteiger partial charge on any atom is -0.368 e. The molecule has 5 rings (SSSR count). The Morgan fingerprint density at radius 3 is 2.61 bits per heavy atom. The SMILES string of the molecule is CN(C)c1ncc2c(n1)C1(CCN(C(=O)c3ccc(-n4ccnc4)cc3)CC1)OCC2. The van der Waals surface area contributed by atoms with Crippen molar-refractivity contribution in [1.82, 2.24) is 24.4 Å². The Balaban J connectivity index is 1.32. The van der Waals surface area contributed by atoms with Gasteiger partial charge in [0.2, 0.25) is 5.95 Å². The van der Waals surface area contributed by atoms with Crippen molar-refractivity contribution in [1.29, 1.82) is 0 Å². The number of likely N-dealkylation sites (tertiary alicyclic amines) is 1. The molecule has 2 aliphatic heterocycles. The molecule has 0 bridgehead atoms. The Kier molecular flexibility index (Phi) is 4.94. The van der Waals surface area contributed by atoms with Crippen LogP contribution in [0.15, 0.2) is 49.2 Å². The number of carbonyl (C=O) groups excluding carboxylic acids is 1. The number of rotatable bonds is 3. The number of carbonyl (C=O) groups is 1. The number of nitrogens with zero attached hydrogens (tertiary/aromatic N) is 6. The normalized spacial score (nSPS) is 17.4. The van der Waals surface area contributed by atoms with E-state index < -0.39 is 5.60 Å². The molecule has 160 valence electrons. The number of piperidine rings is 1. The molecule has 8 heteroatoms. The average molecular weight is 419 g/mol. The molecule has 1 spiro atoms. The van der Waals surface area contributed by atoms with Crippen molar-refractivity contribution in [2.45, 2.75) is 24.9 Å². The summed E-state index contributed by atoms with van der Waals surface area (Å²) in [5.41, 5.74) is 3.40. The van der Waals surface area contributed by atoms with Crippen LogP contribution in [0.1, 0.15) is 34.5 Å². The van der Waals surface area contributed by atoms with Gasteiger partial charge >= 0.3 is 0 Å². The third-order valence-corrected chi connectivity index (χ3v) is 6.21. The first-order chi connectivity index (χ1) is 15.1. The fraction of sp³-hybridized carbons (Fsp3) is 0.391. The van der Waals surface area contributed by atoms with Crippen molar-refractivity contribution in [3.05, 3.63) is 66.0 Å². The maximum atomic E-state index is 13.1. The first-order valence-corrected chi connectivity index (χ1v) is 10.6. The predicted octanol–water partition coefficient (Wildman–Crippen LogP) is 2.43. The molecule has 2 aromatic heterocycles. The number of benzene rings is 1. The highest BCUT2D eigenvalue weighted by molar-refractivity contribution is 5.94. The van der Waals surface area contributed by atoms with E-state index in [4.69, 9.17) is 9.72 Å². The molecule has 1 fully saturated rings. The average Bonchev–Trinajstić information content (AvgIpc) is 3.34. The molecular weight excluding hydrogens is 392 g/mol. The maximum Gasteiger partial charge on any atom is 0.253 e. The van der Waals surface area contributed by atoms with Crippen molar-refractivity contribution >= 4 is 11.9 Å². The van der Waals surface area contributed by atoms with E-state index in [-0.39, 0.29) is 5.91 Å². The van der Waals surface area contributed by atoms with Crippen molar-refractivity contribution in [2.24, 2.45) is 0 Å². The van der Waals surface area contributed by atoms with Crippen LogP contribution in [0.2, 0.25) is 0 Å². The van der Waals surface area contributed by atoms with Crippen LogP contribution in [-0.2, 0) is 16.8 Å². The molecule has 0 N–H and O–H groups in total. The van der Waals surface area contributed by atoms with Crippen LogP contribution in [0.3, 0.4) is 0 Å². The molecule has 8 nitrogen and oxygen atoms in total. The van der Waals surface area contributed by atoms with Gasteiger partial charge in [-0.2, -0.15) is 0 Å². The van der Waals surface area contributed by atoms with E-state index in [9.17, 15) is 4.79 Å². The highest BCUT2D eigenvalue weighted by Crippen LogP contribution is 2.41. The van der Waals surface area contributed by atoms with Gasteiger partial charge in [-0.3, -0.25) is 4.79 Å². The summed E-state index contributed by atoms with van der Waals surface area (Å²) < 4.78 is 8.22. The summed E-state index contributed by atoms with van der Waals surface area (Å²) in [6.07, 6.45) is 9.60. The van der Waals surface area contributed by atoms with Gasteiger partial charge < -0.3 is 19.1 Å². The van der Waals surface area contributed by atoms with E-state index in [1.807, 2.05) is 65.1 Å². The lowest BCUT2D eigenvalue weighted by Gasteiger charge is -2.44. The molecule has 1 saturated heterocycles. The van der Waals surface area contributed by atoms with Gasteiger partial charge in [0.15, 0.2) is 0 Å². The molecular formula is C23H26N6O2. The topological polar surface area (TPSA) is 76.4 Å². The highest BCUT2D eigenvalue weighted by Gasteiger charge is 2.43. The fourth-order valence-electron chi connectivity index (χ4n) is 4.44. The van der Waals surface area contributed by atoms with Crippen LogP contribution in [0, 0.1) is 0 Å². The number of anilines is 1. The first kappa shape index (κ1) is 19.7. The van der Waals surface area contributed by atoms with E-state index >= 15 is 0 Å². The Morgan fingerprint density at radius 1 is 1.16 bits per heavy atom. The molecule has 0 saturated carbocycles. The lowest BCUT2D eigenvalue weighted by Crippen LogP contribution is -2.49. The summed E-state index contributed by atoms with van der Waals surface area (Å²) in [7, 11) is 3.88. The molecule has 1 amide bonds. The van der Waals surface area contributed by atoms with Crippen LogP contribution < -0.4 is 4.90 Å². The number of fused-ring (bicyclic) bond motifs is 2. The van der Waals surface area contributed by atoms with Gasteiger partial charge in [-0.05, 0) is 49.1 Å². The zero-order valence-electron chi connectivity index (χ0n) is 17.9. The Labute approximate surface area is 181 Å². The molecule has 0 radical (unpaired) electrons. The van der Waals surface area contributed by atoms with Crippen LogP contribution in [0.5, 0.6) is 0 Å². The van der Waals surface area contributed by atoms with Gasteiger partial charge in [0.05, 0.1) is 18.6 Å². The standard InChI is InChI=1S/C23H26N6O2/c1-27(2)22-25-15-18-7-14-31-23(20(18)26-22)8-11-28(12-9-23)21(30)17-3-5-19(6-4-17)29-13-10-24-16-29/h3-6,10,13,15-16H,7-9,11-12,14H2,1-2H3. The summed E-state index contributed by atoms with van der Waals surface area (Å²) in [4.78, 5) is 30.3. The van der Waals surface area contributed by atoms with Crippen molar-refractivity contribution in [3.63, 3.8) is 0 Å². The van der Waals surface area contributed by atoms with E-state index in [0.717, 1.165) is 36.2 Å². The summed E-state index contributed by atoms with van der Waals surface area (Å²) in [5, 5.41) is 0. The summed E-state index contributed by atoms with van der Waals surface area (Å²) in [5.74, 6) is 0.750. The van der Waals surface area contributed by atoms with Crippen molar-refractivity contribution in [2.75, 3.05) is 38.7 Å². The number of hydrogen-bond donors (Lipinski definition) is 0. The maximum absolute atomic E-state index is 13.1. The quantitative estimate of drug-likeness (QED) is 0.650. The van der Waals surface area contributed by atoms with Crippen LogP contribution in [-0.4, -0.2) is 64.1 Å². The third kappa shape index (κ3) is 3.57. The molecule has 0 unspecified atom stereocenters. The van der Waals surface area contributed by atoms with Crippen LogP contribution >= 0.6 is 0 Å². The molecule has 0 atom stereocenters. The molecule has 3 aromatic rings. The Bertz CT molecular complexity index is 1070. The molecule has 0 aliphatic carbocycles. The van der Waals surface area contributed by atoms with Gasteiger partial charge in [0.1, 0.15) is 5.60 Å². The Morgan fingerprint density at radius 2 is 1.94 bits per heavy atom. The van der Waals surface area contributed by atoms with Gasteiger partial charge in [0.25, 0.3) is 5.91 Å². The van der Waals surface area contributed by atoms with E-state index in [1.165, 1.54) is 0 Å². The number of amides is 1. The lowest BCUT2D eigenvalue weighted by atomic mass is 9.83. The largest absolute Gasteiger partial charge is 0.368 e. The van der Waals surface area contributed by atoms with Gasteiger partial charge in [-0.1, -0.05) is 0 Å². The molecule has 1 aromatic carbocycles. The number of aromatic nitrogens is 4. The second-order valence-electron chi connectivity index (χ2n) is 8.34. The number of imidazole rings is 1. The highest BCUT2D eigenvalue weighted by atomic mass is 16.5. The van der Waals surface area contributed by atoms with E-state index in [2.05, 4.69) is 9.97 Å². The Hall–Kier alpha value is -3.26. The smallest absolute Gasteiger partial charge is 0.253 e. The minimum atomic E-state index is -0.427. The third-order valence-electron chi connectivity index (χ3n) is 6.21. The van der Waals surface area contributed by atoms with E-state index in [1.54, 1.807) is 12.5 Å². The number of ether oxygens (including phenoxy) is 1. The molecule has 2 aliphatic rings. The molecule has 31 heavy (non-hydrogen) atoms. The van der Waals surface area contributed by atoms with Gasteiger partial charge in [0, 0.05) is 57.0 Å². The van der Waals surface area contributed by atoms with Gasteiger partial charge in [-0.15, -0.1) is 0 Å². The van der Waals surface area contributed by atoms with Gasteiger partial charge in [-0.25, -0.2) is 15.0 Å². The van der Waals surface area contributed by atoms with Crippen LogP contribution in [0.4, 0.5) is 5.95 Å². The minimum absolute atomic E-state index is 0.0553. The second-order valence-corrected chi connectivity index (χ2v) is 8.34. The molecule has 4 heterocycles. The zero-order chi connectivity index (χ0) is 21.4. The van der Waals surface area contributed by atoms with Crippen molar-refractivity contribution in [3.8, 4) is 5.69 Å². The fourth-order valence-corrected chi connectivity index (χ4v) is 4.44. The summed E-state index contributed by atoms with van der Waals surface area (Å²) >= 11 is 0. The van der Waals surface area contributed by atoms with E-state index in [0.29, 0.717) is 31.2 Å². The second kappa shape index (κ2) is 7.77. The van der Waals surface area contributed by atoms with Crippen LogP contribution in [0.25, 0.3) is 5.69 Å². The lowest BCUT2D eigenvalue weighted by molar-refractivity contribution is -0.0967. The predicted molar refractivity (Wildman–Crippen MR) is 116 cm³/mol. The zero-order valence-corrected chi connectivity index (χ0v) is 17.9. The summed E-state index contributed by atoms with van der Waals surface area (Å²) in [6.45, 7) is 1.95. The number of hydrogen-bond acceptors (Lipinski definition) is 6. The monoisotopic (exact) mass is 418 g/mol. The van der Waals surface area contributed by atoms with Crippen molar-refractivity contribution < 1.29 is 9.53 Å². The summed E-state index contributed by atoms with van der Waals surface area (Å²) in [6, 6.07) is 7.65. The first-order valence-electron chi connectivity index (χ1n) is 10.6.